The van der Waals surface area contributed by atoms with Gasteiger partial charge in [0, 0.05) is 18.9 Å². The van der Waals surface area contributed by atoms with Gasteiger partial charge in [-0.05, 0) is 37.0 Å². The van der Waals surface area contributed by atoms with Crippen LogP contribution in [-0.2, 0) is 16.0 Å². The lowest BCUT2D eigenvalue weighted by atomic mass is 10.1. The summed E-state index contributed by atoms with van der Waals surface area (Å²) in [6.07, 6.45) is 3.61. The van der Waals surface area contributed by atoms with E-state index in [9.17, 15) is 14.7 Å². The molecule has 6 nitrogen and oxygen atoms in total. The lowest BCUT2D eigenvalue weighted by Gasteiger charge is -2.12. The number of ether oxygens (including phenoxy) is 2. The lowest BCUT2D eigenvalue weighted by Crippen LogP contribution is -2.29. The lowest BCUT2D eigenvalue weighted by molar-refractivity contribution is -0.305. The predicted octanol–water partition coefficient (Wildman–Crippen LogP) is 1.45. The van der Waals surface area contributed by atoms with Crippen LogP contribution >= 0.6 is 0 Å². The minimum absolute atomic E-state index is 0.0593. The number of carbonyl (C=O) groups excluding carboxylic acids is 2. The summed E-state index contributed by atoms with van der Waals surface area (Å²) >= 11 is 0. The first kappa shape index (κ1) is 19.8. The Balaban J connectivity index is 2.43. The van der Waals surface area contributed by atoms with Crippen molar-refractivity contribution in [1.82, 2.24) is 5.32 Å². The van der Waals surface area contributed by atoms with Gasteiger partial charge in [0.1, 0.15) is 0 Å². The van der Waals surface area contributed by atoms with E-state index < -0.39 is 5.97 Å². The molecule has 134 valence electrons. The second-order valence-corrected chi connectivity index (χ2v) is 5.51. The van der Waals surface area contributed by atoms with Crippen molar-refractivity contribution in [3.63, 3.8) is 0 Å². The van der Waals surface area contributed by atoms with E-state index in [4.69, 9.17) is 9.47 Å². The molecule has 1 N–H and O–H groups in total. The van der Waals surface area contributed by atoms with Gasteiger partial charge in [0.15, 0.2) is 11.5 Å². The fourth-order valence-corrected chi connectivity index (χ4v) is 2.17. The number of benzene rings is 1. The molecule has 0 radical (unpaired) electrons. The summed E-state index contributed by atoms with van der Waals surface area (Å²) in [5.74, 6) is -0.117. The van der Waals surface area contributed by atoms with E-state index in [1.54, 1.807) is 7.11 Å². The fourth-order valence-electron chi connectivity index (χ4n) is 2.17. The van der Waals surface area contributed by atoms with Crippen molar-refractivity contribution in [3.05, 3.63) is 23.8 Å². The highest BCUT2D eigenvalue weighted by Gasteiger charge is 2.07. The van der Waals surface area contributed by atoms with Crippen molar-refractivity contribution in [3.8, 4) is 11.5 Å². The summed E-state index contributed by atoms with van der Waals surface area (Å²) in [5, 5.41) is 13.0. The van der Waals surface area contributed by atoms with Gasteiger partial charge in [-0.3, -0.25) is 4.79 Å². The molecule has 1 aromatic rings. The van der Waals surface area contributed by atoms with Crippen LogP contribution in [0, 0.1) is 0 Å². The van der Waals surface area contributed by atoms with E-state index in [1.807, 2.05) is 18.2 Å². The smallest absolute Gasteiger partial charge is 0.220 e. The van der Waals surface area contributed by atoms with Crippen molar-refractivity contribution in [2.24, 2.45) is 0 Å². The number of carboxylic acid groups (broad SMARTS) is 1. The summed E-state index contributed by atoms with van der Waals surface area (Å²) in [6.45, 7) is 3.25. The van der Waals surface area contributed by atoms with Crippen LogP contribution in [0.1, 0.15) is 44.6 Å². The monoisotopic (exact) mass is 336 g/mol. The van der Waals surface area contributed by atoms with Crippen LogP contribution in [0.4, 0.5) is 0 Å². The second kappa shape index (κ2) is 11.3. The molecule has 0 spiro atoms. The van der Waals surface area contributed by atoms with Gasteiger partial charge < -0.3 is 24.7 Å². The van der Waals surface area contributed by atoms with Crippen molar-refractivity contribution >= 4 is 11.9 Å². The highest BCUT2D eigenvalue weighted by atomic mass is 16.5. The zero-order chi connectivity index (χ0) is 17.8. The van der Waals surface area contributed by atoms with E-state index in [0.29, 0.717) is 25.3 Å². The van der Waals surface area contributed by atoms with Gasteiger partial charge in [0.25, 0.3) is 0 Å². The van der Waals surface area contributed by atoms with Crippen LogP contribution in [-0.4, -0.2) is 32.1 Å². The zero-order valence-corrected chi connectivity index (χ0v) is 14.4. The number of hydrogen-bond acceptors (Lipinski definition) is 5. The van der Waals surface area contributed by atoms with Gasteiger partial charge in [-0.25, -0.2) is 0 Å². The molecule has 1 aromatic carbocycles. The van der Waals surface area contributed by atoms with Crippen LogP contribution in [0.5, 0.6) is 11.5 Å². The molecule has 0 saturated heterocycles. The number of carbonyl (C=O) groups is 2. The third-order valence-electron chi connectivity index (χ3n) is 3.53. The van der Waals surface area contributed by atoms with E-state index in [0.717, 1.165) is 30.6 Å². The van der Waals surface area contributed by atoms with E-state index in [-0.39, 0.29) is 18.7 Å². The highest BCUT2D eigenvalue weighted by Crippen LogP contribution is 2.28. The first-order valence-electron chi connectivity index (χ1n) is 8.33. The number of nitrogens with one attached hydrogen (secondary N) is 1. The van der Waals surface area contributed by atoms with Crippen LogP contribution < -0.4 is 19.9 Å². The Morgan fingerprint density at radius 3 is 2.62 bits per heavy atom. The molecule has 6 heteroatoms. The maximum Gasteiger partial charge on any atom is 0.220 e. The van der Waals surface area contributed by atoms with Crippen LogP contribution in [0.2, 0.25) is 0 Å². The van der Waals surface area contributed by atoms with E-state index in [1.165, 1.54) is 0 Å². The molecule has 0 fully saturated rings. The fraction of sp³-hybridized carbons (Fsp3) is 0.556. The Hall–Kier alpha value is -2.24. The van der Waals surface area contributed by atoms with Gasteiger partial charge >= 0.3 is 0 Å². The molecule has 24 heavy (non-hydrogen) atoms. The standard InChI is InChI=1S/C18H27NO5/c1-3-4-5-12-24-15-7-6-14(13-16(15)23-2)10-11-19-17(20)8-9-18(21)22/h6-7,13H,3-5,8-12H2,1-2H3,(H,19,20)(H,21,22)/p-1. The Bertz CT molecular complexity index is 530. The maximum atomic E-state index is 11.4. The minimum Gasteiger partial charge on any atom is -0.550 e. The molecule has 0 aliphatic heterocycles. The molecule has 0 aliphatic carbocycles. The predicted molar refractivity (Wildman–Crippen MR) is 89.0 cm³/mol. The topological polar surface area (TPSA) is 87.7 Å². The van der Waals surface area contributed by atoms with E-state index in [2.05, 4.69) is 12.2 Å². The quantitative estimate of drug-likeness (QED) is 0.584. The molecule has 0 aromatic heterocycles. The van der Waals surface area contributed by atoms with Crippen molar-refractivity contribution in [2.45, 2.75) is 45.4 Å². The van der Waals surface area contributed by atoms with Crippen LogP contribution in [0.25, 0.3) is 0 Å². The molecule has 0 aliphatic rings. The number of aliphatic carboxylic acids is 1. The molecule has 1 rings (SSSR count). The number of methoxy groups -OCH3 is 1. The Morgan fingerprint density at radius 1 is 1.17 bits per heavy atom. The molecule has 0 bridgehead atoms. The zero-order valence-electron chi connectivity index (χ0n) is 14.4. The first-order chi connectivity index (χ1) is 11.6. The van der Waals surface area contributed by atoms with Gasteiger partial charge in [0.2, 0.25) is 5.91 Å². The largest absolute Gasteiger partial charge is 0.550 e. The number of unbranched alkanes of at least 4 members (excludes halogenated alkanes) is 2. The maximum absolute atomic E-state index is 11.4. The normalized spacial score (nSPS) is 10.2. The molecule has 1 amide bonds. The number of hydrogen-bond donors (Lipinski definition) is 1. The number of carboxylic acids is 1. The number of rotatable bonds is 12. The van der Waals surface area contributed by atoms with Crippen molar-refractivity contribution < 1.29 is 24.2 Å². The third kappa shape index (κ3) is 7.85. The Morgan fingerprint density at radius 2 is 1.96 bits per heavy atom. The molecule has 0 atom stereocenters. The summed E-state index contributed by atoms with van der Waals surface area (Å²) in [6, 6.07) is 5.70. The molecule has 0 unspecified atom stereocenters. The van der Waals surface area contributed by atoms with Gasteiger partial charge in [-0.2, -0.15) is 0 Å². The summed E-state index contributed by atoms with van der Waals surface area (Å²) in [5.41, 5.74) is 1.01. The SMILES string of the molecule is CCCCCOc1ccc(CCNC(=O)CCC(=O)[O-])cc1OC. The molecule has 0 heterocycles. The molecular weight excluding hydrogens is 310 g/mol. The third-order valence-corrected chi connectivity index (χ3v) is 3.53. The average Bonchev–Trinajstić information content (AvgIpc) is 2.57. The highest BCUT2D eigenvalue weighted by molar-refractivity contribution is 5.79. The van der Waals surface area contributed by atoms with Gasteiger partial charge in [-0.15, -0.1) is 0 Å². The second-order valence-electron chi connectivity index (χ2n) is 5.51. The first-order valence-corrected chi connectivity index (χ1v) is 8.33. The summed E-state index contributed by atoms with van der Waals surface area (Å²) < 4.78 is 11.1. The minimum atomic E-state index is -1.22. The average molecular weight is 336 g/mol. The van der Waals surface area contributed by atoms with Crippen molar-refractivity contribution in [2.75, 3.05) is 20.3 Å². The summed E-state index contributed by atoms with van der Waals surface area (Å²) in [7, 11) is 1.60. The molecular formula is C18H26NO5-. The van der Waals surface area contributed by atoms with Gasteiger partial charge in [0.05, 0.1) is 13.7 Å². The summed E-state index contributed by atoms with van der Waals surface area (Å²) in [4.78, 5) is 21.7. The van der Waals surface area contributed by atoms with Crippen molar-refractivity contribution in [1.29, 1.82) is 0 Å². The van der Waals surface area contributed by atoms with E-state index >= 15 is 0 Å². The molecule has 0 saturated carbocycles. The van der Waals surface area contributed by atoms with Gasteiger partial charge in [-0.1, -0.05) is 25.8 Å². The Kier molecular flexibility index (Phi) is 9.34. The van der Waals surface area contributed by atoms with Crippen LogP contribution in [0.3, 0.4) is 0 Å². The number of amides is 1. The van der Waals surface area contributed by atoms with Crippen LogP contribution in [0.15, 0.2) is 18.2 Å². The Labute approximate surface area is 143 Å².